The molecular weight excluding hydrogens is 164 g/mol. The minimum Gasteiger partial charge on any atom is -0.480 e. The maximum Gasteiger partial charge on any atom is 0.322 e. The lowest BCUT2D eigenvalue weighted by atomic mass is 10.7. The maximum atomic E-state index is 9.65. The molecule has 0 aliphatic heterocycles. The first-order valence-corrected chi connectivity index (χ1v) is 3.02. The molecule has 0 amide bonds. The summed E-state index contributed by atoms with van der Waals surface area (Å²) in [6.45, 7) is 2.93. The van der Waals surface area contributed by atoms with E-state index in [0.29, 0.717) is 0 Å². The van der Waals surface area contributed by atoms with Crippen molar-refractivity contribution in [1.29, 1.82) is 0 Å². The molecule has 0 aliphatic rings. The molecule has 0 bridgehead atoms. The zero-order chi connectivity index (χ0) is 9.98. The molecule has 0 saturated carbocycles. The van der Waals surface area contributed by atoms with E-state index in [0.717, 1.165) is 0 Å². The van der Waals surface area contributed by atoms with Crippen LogP contribution >= 0.6 is 0 Å². The third-order valence-electron chi connectivity index (χ3n) is 0.572. The summed E-state index contributed by atoms with van der Waals surface area (Å²) in [6.07, 6.45) is 1.34. The van der Waals surface area contributed by atoms with Gasteiger partial charge < -0.3 is 21.3 Å². The highest BCUT2D eigenvalue weighted by atomic mass is 16.4. The van der Waals surface area contributed by atoms with Crippen LogP contribution in [0.5, 0.6) is 0 Å². The zero-order valence-electron chi connectivity index (χ0n) is 6.49. The van der Waals surface area contributed by atoms with E-state index >= 15 is 0 Å². The van der Waals surface area contributed by atoms with Gasteiger partial charge in [-0.25, -0.2) is 0 Å². The topological polar surface area (TPSA) is 113 Å². The number of carboxylic acid groups (broad SMARTS) is 2. The van der Waals surface area contributed by atoms with E-state index in [4.69, 9.17) is 10.2 Å². The van der Waals surface area contributed by atoms with Gasteiger partial charge in [0, 0.05) is 0 Å². The SMILES string of the molecule is C=CNCC(=O)O.NCC(=O)O. The zero-order valence-corrected chi connectivity index (χ0v) is 6.49. The number of hydrogen-bond donors (Lipinski definition) is 4. The number of aliphatic carboxylic acids is 2. The molecule has 0 saturated heterocycles. The van der Waals surface area contributed by atoms with Crippen LogP contribution in [0.4, 0.5) is 0 Å². The van der Waals surface area contributed by atoms with Crippen LogP contribution in [0.2, 0.25) is 0 Å². The molecule has 0 aliphatic carbocycles. The summed E-state index contributed by atoms with van der Waals surface area (Å²) in [7, 11) is 0. The van der Waals surface area contributed by atoms with Gasteiger partial charge in [-0.15, -0.1) is 0 Å². The minimum atomic E-state index is -0.968. The molecule has 0 aromatic carbocycles. The van der Waals surface area contributed by atoms with Crippen molar-refractivity contribution in [2.75, 3.05) is 13.1 Å². The molecule has 6 heteroatoms. The Morgan fingerprint density at radius 3 is 1.92 bits per heavy atom. The number of hydrogen-bond acceptors (Lipinski definition) is 4. The van der Waals surface area contributed by atoms with Crippen molar-refractivity contribution < 1.29 is 19.8 Å². The molecule has 0 radical (unpaired) electrons. The first-order valence-electron chi connectivity index (χ1n) is 3.02. The average molecular weight is 176 g/mol. The molecule has 0 rings (SSSR count). The normalized spacial score (nSPS) is 7.42. The molecule has 0 aromatic rings. The summed E-state index contributed by atoms with van der Waals surface area (Å²) >= 11 is 0. The highest BCUT2D eigenvalue weighted by Crippen LogP contribution is 1.56. The number of carbonyl (C=O) groups is 2. The second kappa shape index (κ2) is 9.44. The third kappa shape index (κ3) is 23.7. The monoisotopic (exact) mass is 176 g/mol. The Hall–Kier alpha value is -1.56. The fourth-order valence-electron chi connectivity index (χ4n) is 0.159. The Balaban J connectivity index is 0. The molecule has 12 heavy (non-hydrogen) atoms. The molecule has 0 atom stereocenters. The standard InChI is InChI=1S/C4H7NO2.C2H5NO2/c1-2-5-3-4(6)7;3-1-2(4)5/h2,5H,1,3H2,(H,6,7);1,3H2,(H,4,5). The minimum absolute atomic E-state index is 0.0521. The number of nitrogens with two attached hydrogens (primary N) is 1. The first-order chi connectivity index (χ1) is 5.54. The second-order valence-electron chi connectivity index (χ2n) is 1.58. The predicted octanol–water partition coefficient (Wildman–Crippen LogP) is -1.17. The summed E-state index contributed by atoms with van der Waals surface area (Å²) in [5.74, 6) is -1.84. The summed E-state index contributed by atoms with van der Waals surface area (Å²) in [5.41, 5.74) is 4.57. The van der Waals surface area contributed by atoms with E-state index in [2.05, 4.69) is 17.6 Å². The van der Waals surface area contributed by atoms with Crippen LogP contribution in [0.3, 0.4) is 0 Å². The number of carboxylic acids is 2. The smallest absolute Gasteiger partial charge is 0.322 e. The fraction of sp³-hybridized carbons (Fsp3) is 0.333. The van der Waals surface area contributed by atoms with Gasteiger partial charge in [0.2, 0.25) is 0 Å². The van der Waals surface area contributed by atoms with Gasteiger partial charge in [-0.05, 0) is 6.20 Å². The van der Waals surface area contributed by atoms with Gasteiger partial charge in [0.25, 0.3) is 0 Å². The van der Waals surface area contributed by atoms with Gasteiger partial charge in [0.1, 0.15) is 6.54 Å². The van der Waals surface area contributed by atoms with Crippen LogP contribution < -0.4 is 11.1 Å². The number of rotatable bonds is 4. The van der Waals surface area contributed by atoms with E-state index in [-0.39, 0.29) is 13.1 Å². The van der Waals surface area contributed by atoms with Crippen molar-refractivity contribution >= 4 is 11.9 Å². The van der Waals surface area contributed by atoms with E-state index in [9.17, 15) is 9.59 Å². The molecule has 6 nitrogen and oxygen atoms in total. The molecule has 0 aromatic heterocycles. The van der Waals surface area contributed by atoms with E-state index in [1.165, 1.54) is 6.20 Å². The van der Waals surface area contributed by atoms with Crippen molar-refractivity contribution in [3.8, 4) is 0 Å². The van der Waals surface area contributed by atoms with Crippen LogP contribution in [0.15, 0.2) is 12.8 Å². The quantitative estimate of drug-likeness (QED) is 0.429. The largest absolute Gasteiger partial charge is 0.480 e. The molecule has 0 heterocycles. The first kappa shape index (κ1) is 13.1. The second-order valence-corrected chi connectivity index (χ2v) is 1.58. The summed E-state index contributed by atoms with van der Waals surface area (Å²) < 4.78 is 0. The molecule has 70 valence electrons. The Kier molecular flexibility index (Phi) is 10.3. The van der Waals surface area contributed by atoms with Gasteiger partial charge in [-0.2, -0.15) is 0 Å². The third-order valence-corrected chi connectivity index (χ3v) is 0.572. The predicted molar refractivity (Wildman–Crippen MR) is 42.5 cm³/mol. The lowest BCUT2D eigenvalue weighted by Crippen LogP contribution is -2.15. The van der Waals surface area contributed by atoms with Gasteiger partial charge in [-0.1, -0.05) is 6.58 Å². The summed E-state index contributed by atoms with van der Waals surface area (Å²) in [6, 6.07) is 0. The van der Waals surface area contributed by atoms with Crippen LogP contribution in [0.25, 0.3) is 0 Å². The summed E-state index contributed by atoms with van der Waals surface area (Å²) in [5, 5.41) is 17.9. The van der Waals surface area contributed by atoms with Crippen molar-refractivity contribution in [1.82, 2.24) is 5.32 Å². The van der Waals surface area contributed by atoms with Crippen molar-refractivity contribution in [3.63, 3.8) is 0 Å². The summed E-state index contributed by atoms with van der Waals surface area (Å²) in [4.78, 5) is 18.9. The van der Waals surface area contributed by atoms with Crippen LogP contribution in [0.1, 0.15) is 0 Å². The average Bonchev–Trinajstić information content (AvgIpc) is 2.02. The van der Waals surface area contributed by atoms with E-state index in [1.54, 1.807) is 0 Å². The number of nitrogens with one attached hydrogen (secondary N) is 1. The van der Waals surface area contributed by atoms with Crippen LogP contribution in [-0.4, -0.2) is 35.2 Å². The fourth-order valence-corrected chi connectivity index (χ4v) is 0.159. The highest BCUT2D eigenvalue weighted by molar-refractivity contribution is 5.69. The Labute approximate surface area is 69.7 Å². The van der Waals surface area contributed by atoms with Gasteiger partial charge in [-0.3, -0.25) is 9.59 Å². The maximum absolute atomic E-state index is 9.65. The van der Waals surface area contributed by atoms with E-state index < -0.39 is 11.9 Å². The molecule has 5 N–H and O–H groups in total. The van der Waals surface area contributed by atoms with Gasteiger partial charge >= 0.3 is 11.9 Å². The molecular formula is C6H12N2O4. The Morgan fingerprint density at radius 2 is 1.83 bits per heavy atom. The molecule has 0 unspecified atom stereocenters. The molecule has 0 fully saturated rings. The van der Waals surface area contributed by atoms with Gasteiger partial charge in [0.05, 0.1) is 6.54 Å². The van der Waals surface area contributed by atoms with Crippen molar-refractivity contribution in [2.24, 2.45) is 5.73 Å². The molecule has 0 spiro atoms. The van der Waals surface area contributed by atoms with Gasteiger partial charge in [0.15, 0.2) is 0 Å². The lowest BCUT2D eigenvalue weighted by molar-refractivity contribution is -0.136. The van der Waals surface area contributed by atoms with E-state index in [1.807, 2.05) is 0 Å². The van der Waals surface area contributed by atoms with Crippen molar-refractivity contribution in [2.45, 2.75) is 0 Å². The van der Waals surface area contributed by atoms with Crippen LogP contribution in [0, 0.1) is 0 Å². The van der Waals surface area contributed by atoms with Crippen LogP contribution in [-0.2, 0) is 9.59 Å². The highest BCUT2D eigenvalue weighted by Gasteiger charge is 1.87. The Morgan fingerprint density at radius 1 is 1.42 bits per heavy atom. The Bertz CT molecular complexity index is 158. The van der Waals surface area contributed by atoms with Crippen molar-refractivity contribution in [3.05, 3.63) is 12.8 Å². The lowest BCUT2D eigenvalue weighted by Gasteiger charge is -1.88.